The molecule has 0 saturated carbocycles. The highest BCUT2D eigenvalue weighted by molar-refractivity contribution is 5.98. The van der Waals surface area contributed by atoms with E-state index in [9.17, 15) is 9.90 Å². The zero-order chi connectivity index (χ0) is 20.3. The van der Waals surface area contributed by atoms with Crippen molar-refractivity contribution in [3.63, 3.8) is 0 Å². The van der Waals surface area contributed by atoms with Crippen LogP contribution in [0.5, 0.6) is 0 Å². The van der Waals surface area contributed by atoms with Gasteiger partial charge in [0.15, 0.2) is 0 Å². The van der Waals surface area contributed by atoms with Crippen molar-refractivity contribution in [2.75, 3.05) is 19.8 Å². The molecule has 0 aliphatic heterocycles. The first-order valence-electron chi connectivity index (χ1n) is 9.56. The number of rotatable bonds is 7. The van der Waals surface area contributed by atoms with Crippen molar-refractivity contribution < 1.29 is 19.4 Å². The van der Waals surface area contributed by atoms with Crippen molar-refractivity contribution in [1.82, 2.24) is 15.0 Å². The topological polar surface area (TPSA) is 123 Å². The van der Waals surface area contributed by atoms with Gasteiger partial charge in [-0.05, 0) is 25.2 Å². The molecule has 0 amide bonds. The number of hydrogen-bond donors (Lipinski definition) is 3. The van der Waals surface area contributed by atoms with Crippen LogP contribution < -0.4 is 5.73 Å². The summed E-state index contributed by atoms with van der Waals surface area (Å²) in [6.07, 6.45) is 3.79. The van der Waals surface area contributed by atoms with Crippen LogP contribution in [0.4, 0.5) is 0 Å². The molecule has 4 N–H and O–H groups in total. The zero-order valence-electron chi connectivity index (χ0n) is 16.6. The predicted octanol–water partition coefficient (Wildman–Crippen LogP) is 2.13. The first-order valence-corrected chi connectivity index (χ1v) is 9.56. The molecule has 0 aromatic carbocycles. The molecule has 1 aliphatic rings. The first-order chi connectivity index (χ1) is 13.4. The molecule has 2 heterocycles. The van der Waals surface area contributed by atoms with E-state index in [1.54, 1.807) is 19.3 Å². The van der Waals surface area contributed by atoms with Crippen LogP contribution in [-0.4, -0.2) is 45.8 Å². The fourth-order valence-corrected chi connectivity index (χ4v) is 3.77. The van der Waals surface area contributed by atoms with E-state index >= 15 is 0 Å². The summed E-state index contributed by atoms with van der Waals surface area (Å²) in [5.41, 5.74) is 8.11. The number of pyridine rings is 1. The highest BCUT2D eigenvalue weighted by Crippen LogP contribution is 2.45. The van der Waals surface area contributed by atoms with E-state index < -0.39 is 12.1 Å². The number of aromatic nitrogens is 3. The Bertz CT molecular complexity index is 833. The third kappa shape index (κ3) is 4.09. The highest BCUT2D eigenvalue weighted by Gasteiger charge is 2.38. The third-order valence-electron chi connectivity index (χ3n) is 4.83. The van der Waals surface area contributed by atoms with Crippen LogP contribution in [0.3, 0.4) is 0 Å². The number of imidazole rings is 1. The van der Waals surface area contributed by atoms with Gasteiger partial charge in [0.25, 0.3) is 0 Å². The number of nitrogens with one attached hydrogen (secondary N) is 1. The molecule has 1 atom stereocenters. The molecule has 8 nitrogen and oxygen atoms in total. The molecular formula is C20H28N4O4. The van der Waals surface area contributed by atoms with Crippen molar-refractivity contribution in [2.24, 2.45) is 11.1 Å². The van der Waals surface area contributed by atoms with Gasteiger partial charge in [-0.15, -0.1) is 0 Å². The number of nitrogens with zero attached hydrogens (tertiary/aromatic N) is 2. The Morgan fingerprint density at radius 3 is 2.89 bits per heavy atom. The number of aromatic amines is 1. The average molecular weight is 388 g/mol. The summed E-state index contributed by atoms with van der Waals surface area (Å²) in [6.45, 7) is 7.02. The van der Waals surface area contributed by atoms with Crippen molar-refractivity contribution in [3.05, 3.63) is 34.9 Å². The van der Waals surface area contributed by atoms with Crippen molar-refractivity contribution >= 4 is 5.97 Å². The van der Waals surface area contributed by atoms with Gasteiger partial charge in [-0.2, -0.15) is 0 Å². The molecule has 2 aromatic heterocycles. The Balaban J connectivity index is 2.25. The molecule has 28 heavy (non-hydrogen) atoms. The number of ether oxygens (including phenoxy) is 2. The molecule has 1 aliphatic carbocycles. The summed E-state index contributed by atoms with van der Waals surface area (Å²) < 4.78 is 10.9. The van der Waals surface area contributed by atoms with Gasteiger partial charge >= 0.3 is 5.97 Å². The zero-order valence-corrected chi connectivity index (χ0v) is 16.6. The number of nitrogens with two attached hydrogens (primary N) is 1. The Labute approximate surface area is 164 Å². The quantitative estimate of drug-likeness (QED) is 0.490. The number of H-pyrrole nitrogens is 1. The summed E-state index contributed by atoms with van der Waals surface area (Å²) in [5.74, 6) is -0.00637. The lowest BCUT2D eigenvalue weighted by Gasteiger charge is -2.35. The summed E-state index contributed by atoms with van der Waals surface area (Å²) >= 11 is 0. The molecule has 2 aromatic rings. The van der Waals surface area contributed by atoms with Gasteiger partial charge in [-0.1, -0.05) is 13.8 Å². The van der Waals surface area contributed by atoms with E-state index in [-0.39, 0.29) is 24.2 Å². The van der Waals surface area contributed by atoms with Gasteiger partial charge in [0.05, 0.1) is 37.2 Å². The minimum atomic E-state index is -0.751. The second-order valence-corrected chi connectivity index (χ2v) is 7.73. The van der Waals surface area contributed by atoms with E-state index in [2.05, 4.69) is 23.8 Å². The minimum Gasteiger partial charge on any atom is -0.462 e. The maximum absolute atomic E-state index is 12.9. The number of hydrogen-bond acceptors (Lipinski definition) is 7. The van der Waals surface area contributed by atoms with Gasteiger partial charge < -0.3 is 25.3 Å². The maximum Gasteiger partial charge on any atom is 0.340 e. The standard InChI is InChI=1S/C20H28N4O4/c1-4-28-19(26)16-13(11-27-8-5-21)24-12-9-20(2,3)10-14(25)15(12)17(16)18-22-6-7-23-18/h6-7,14,25H,4-5,8-11,21H2,1-3H3,(H,22,23). The first kappa shape index (κ1) is 20.4. The van der Waals surface area contributed by atoms with E-state index in [1.165, 1.54) is 0 Å². The fraction of sp³-hybridized carbons (Fsp3) is 0.550. The van der Waals surface area contributed by atoms with Gasteiger partial charge in [0.1, 0.15) is 5.82 Å². The number of carbonyl (C=O) groups excluding carboxylic acids is 1. The van der Waals surface area contributed by atoms with Gasteiger partial charge in [0.2, 0.25) is 0 Å². The molecule has 0 bridgehead atoms. The molecule has 0 fully saturated rings. The Kier molecular flexibility index (Phi) is 6.12. The molecule has 0 spiro atoms. The van der Waals surface area contributed by atoms with Crippen molar-refractivity contribution in [2.45, 2.75) is 46.3 Å². The second kappa shape index (κ2) is 8.38. The molecule has 0 saturated heterocycles. The predicted molar refractivity (Wildman–Crippen MR) is 104 cm³/mol. The lowest BCUT2D eigenvalue weighted by Crippen LogP contribution is -2.29. The molecular weight excluding hydrogens is 360 g/mol. The van der Waals surface area contributed by atoms with E-state index in [4.69, 9.17) is 20.2 Å². The number of esters is 1. The Morgan fingerprint density at radius 2 is 2.25 bits per heavy atom. The molecule has 8 heteroatoms. The van der Waals surface area contributed by atoms with Crippen molar-refractivity contribution in [1.29, 1.82) is 0 Å². The monoisotopic (exact) mass is 388 g/mol. The van der Waals surface area contributed by atoms with Gasteiger partial charge in [-0.3, -0.25) is 4.98 Å². The van der Waals surface area contributed by atoms with Crippen molar-refractivity contribution in [3.8, 4) is 11.4 Å². The fourth-order valence-electron chi connectivity index (χ4n) is 3.77. The maximum atomic E-state index is 12.9. The summed E-state index contributed by atoms with van der Waals surface area (Å²) in [7, 11) is 0. The molecule has 152 valence electrons. The van der Waals surface area contributed by atoms with Crippen LogP contribution in [0.15, 0.2) is 12.4 Å². The average Bonchev–Trinajstić information content (AvgIpc) is 3.14. The smallest absolute Gasteiger partial charge is 0.340 e. The van der Waals surface area contributed by atoms with E-state index in [1.807, 2.05) is 0 Å². The van der Waals surface area contributed by atoms with Crippen LogP contribution in [0.25, 0.3) is 11.4 Å². The lowest BCUT2D eigenvalue weighted by atomic mass is 9.73. The highest BCUT2D eigenvalue weighted by atomic mass is 16.5. The van der Waals surface area contributed by atoms with E-state index in [0.29, 0.717) is 48.6 Å². The number of aliphatic hydroxyl groups is 1. The number of fused-ring (bicyclic) bond motifs is 1. The Hall–Kier alpha value is -2.29. The molecule has 3 rings (SSSR count). The lowest BCUT2D eigenvalue weighted by molar-refractivity contribution is 0.0516. The Morgan fingerprint density at radius 1 is 1.46 bits per heavy atom. The largest absolute Gasteiger partial charge is 0.462 e. The third-order valence-corrected chi connectivity index (χ3v) is 4.83. The molecule has 0 radical (unpaired) electrons. The number of aliphatic hydroxyl groups excluding tert-OH is 1. The van der Waals surface area contributed by atoms with Crippen LogP contribution in [-0.2, 0) is 22.5 Å². The second-order valence-electron chi connectivity index (χ2n) is 7.73. The molecule has 1 unspecified atom stereocenters. The van der Waals surface area contributed by atoms with Crippen LogP contribution >= 0.6 is 0 Å². The summed E-state index contributed by atoms with van der Waals surface area (Å²) in [6, 6.07) is 0. The van der Waals surface area contributed by atoms with Gasteiger partial charge in [0, 0.05) is 35.8 Å². The summed E-state index contributed by atoms with van der Waals surface area (Å²) in [4.78, 5) is 25.0. The van der Waals surface area contributed by atoms with E-state index in [0.717, 1.165) is 5.69 Å². The van der Waals surface area contributed by atoms with Crippen LogP contribution in [0.1, 0.15) is 60.6 Å². The van der Waals surface area contributed by atoms with Gasteiger partial charge in [-0.25, -0.2) is 9.78 Å². The minimum absolute atomic E-state index is 0.110. The SMILES string of the molecule is CCOC(=O)c1c(COCCN)nc2c(c1-c1ncc[nH]1)C(O)CC(C)(C)C2. The van der Waals surface area contributed by atoms with Crippen LogP contribution in [0, 0.1) is 5.41 Å². The number of carbonyl (C=O) groups is 1. The summed E-state index contributed by atoms with van der Waals surface area (Å²) in [5, 5.41) is 10.9. The van der Waals surface area contributed by atoms with Crippen LogP contribution in [0.2, 0.25) is 0 Å². The normalized spacial score (nSPS) is 18.0.